The van der Waals surface area contributed by atoms with Crippen LogP contribution >= 0.6 is 0 Å². The Bertz CT molecular complexity index is 779. The largest absolute Gasteiger partial charge is 0.388 e. The zero-order valence-corrected chi connectivity index (χ0v) is 12.3. The predicted octanol–water partition coefficient (Wildman–Crippen LogP) is 3.36. The lowest BCUT2D eigenvalue weighted by molar-refractivity contribution is 0.0986. The Labute approximate surface area is 123 Å². The fourth-order valence-electron chi connectivity index (χ4n) is 3.38. The predicted molar refractivity (Wildman–Crippen MR) is 82.5 cm³/mol. The van der Waals surface area contributed by atoms with E-state index in [1.165, 1.54) is 0 Å². The molecule has 4 heteroatoms. The Morgan fingerprint density at radius 3 is 2.90 bits per heavy atom. The summed E-state index contributed by atoms with van der Waals surface area (Å²) >= 11 is 0. The summed E-state index contributed by atoms with van der Waals surface area (Å²) in [4.78, 5) is 8.02. The van der Waals surface area contributed by atoms with E-state index in [2.05, 4.69) is 28.4 Å². The lowest BCUT2D eigenvalue weighted by Gasteiger charge is -2.33. The first-order valence-electron chi connectivity index (χ1n) is 7.37. The molecule has 1 aromatic carbocycles. The number of rotatable bonds is 1. The number of hydrogen-bond acceptors (Lipinski definition) is 2. The van der Waals surface area contributed by atoms with Gasteiger partial charge in [0.2, 0.25) is 5.95 Å². The molecule has 21 heavy (non-hydrogen) atoms. The van der Waals surface area contributed by atoms with Crippen LogP contribution in [0.25, 0.3) is 17.0 Å². The van der Waals surface area contributed by atoms with Crippen LogP contribution in [0, 0.1) is 5.41 Å². The molecule has 3 aromatic rings. The third kappa shape index (κ3) is 1.98. The second-order valence-corrected chi connectivity index (χ2v) is 6.73. The number of hydrogen-bond donors (Lipinski definition) is 2. The summed E-state index contributed by atoms with van der Waals surface area (Å²) in [5, 5.41) is 10.4. The van der Waals surface area contributed by atoms with Gasteiger partial charge in [0.15, 0.2) is 0 Å². The Hall–Kier alpha value is -2.07. The van der Waals surface area contributed by atoms with Gasteiger partial charge >= 0.3 is 0 Å². The second kappa shape index (κ2) is 4.21. The van der Waals surface area contributed by atoms with Crippen LogP contribution in [0.5, 0.6) is 0 Å². The van der Waals surface area contributed by atoms with E-state index in [0.717, 1.165) is 41.1 Å². The molecule has 0 bridgehead atoms. The maximum absolute atomic E-state index is 10.4. The fourth-order valence-corrected chi connectivity index (χ4v) is 3.38. The molecule has 0 aliphatic heterocycles. The van der Waals surface area contributed by atoms with Crippen molar-refractivity contribution in [2.45, 2.75) is 32.8 Å². The molecule has 1 aliphatic rings. The molecular formula is C17H19N3O. The van der Waals surface area contributed by atoms with Crippen LogP contribution in [0.15, 0.2) is 36.5 Å². The lowest BCUT2D eigenvalue weighted by atomic mass is 9.75. The molecule has 4 rings (SSSR count). The summed E-state index contributed by atoms with van der Waals surface area (Å²) < 4.78 is 2.08. The minimum absolute atomic E-state index is 0.106. The number of H-pyrrole nitrogens is 1. The van der Waals surface area contributed by atoms with Crippen molar-refractivity contribution in [2.75, 3.05) is 0 Å². The summed E-state index contributed by atoms with van der Waals surface area (Å²) in [6.45, 7) is 4.41. The number of aliphatic hydroxyl groups is 1. The van der Waals surface area contributed by atoms with Crippen molar-refractivity contribution in [1.29, 1.82) is 0 Å². The lowest BCUT2D eigenvalue weighted by Crippen LogP contribution is -2.26. The van der Waals surface area contributed by atoms with Gasteiger partial charge < -0.3 is 10.1 Å². The molecule has 2 heterocycles. The van der Waals surface area contributed by atoms with Crippen LogP contribution in [0.1, 0.15) is 37.6 Å². The van der Waals surface area contributed by atoms with E-state index < -0.39 is 0 Å². The Balaban J connectivity index is 1.87. The van der Waals surface area contributed by atoms with Crippen molar-refractivity contribution < 1.29 is 5.11 Å². The molecule has 2 aromatic heterocycles. The van der Waals surface area contributed by atoms with Gasteiger partial charge in [0.05, 0.1) is 17.1 Å². The fraction of sp³-hybridized carbons (Fsp3) is 0.353. The first-order valence-corrected chi connectivity index (χ1v) is 7.37. The molecule has 0 saturated carbocycles. The zero-order valence-electron chi connectivity index (χ0n) is 12.3. The number of nitrogens with zero attached hydrogens (tertiary/aromatic N) is 2. The van der Waals surface area contributed by atoms with Crippen LogP contribution in [0.2, 0.25) is 0 Å². The number of nitrogens with one attached hydrogen (secondary N) is 1. The maximum Gasteiger partial charge on any atom is 0.212 e. The summed E-state index contributed by atoms with van der Waals surface area (Å²) in [6, 6.07) is 10.0. The normalized spacial score (nSPS) is 20.6. The molecule has 0 radical (unpaired) electrons. The average molecular weight is 281 g/mol. The molecule has 0 spiro atoms. The van der Waals surface area contributed by atoms with Crippen molar-refractivity contribution in [3.8, 4) is 5.95 Å². The molecule has 1 atom stereocenters. The first kappa shape index (κ1) is 12.7. The summed E-state index contributed by atoms with van der Waals surface area (Å²) in [5.41, 5.74) is 4.30. The van der Waals surface area contributed by atoms with Crippen LogP contribution in [-0.4, -0.2) is 19.6 Å². The van der Waals surface area contributed by atoms with Crippen LogP contribution in [0.4, 0.5) is 0 Å². The highest BCUT2D eigenvalue weighted by molar-refractivity contribution is 5.76. The Morgan fingerprint density at radius 2 is 2.10 bits per heavy atom. The molecule has 1 aliphatic carbocycles. The quantitative estimate of drug-likeness (QED) is 0.718. The molecule has 0 fully saturated rings. The van der Waals surface area contributed by atoms with Crippen molar-refractivity contribution >= 4 is 11.0 Å². The number of fused-ring (bicyclic) bond motifs is 2. The third-order valence-electron chi connectivity index (χ3n) is 4.38. The van der Waals surface area contributed by atoms with Crippen molar-refractivity contribution in [1.82, 2.24) is 14.5 Å². The van der Waals surface area contributed by atoms with E-state index in [1.54, 1.807) is 0 Å². The van der Waals surface area contributed by atoms with E-state index in [9.17, 15) is 5.11 Å². The van der Waals surface area contributed by atoms with E-state index in [4.69, 9.17) is 0 Å². The standard InChI is InChI=1S/C17H19N3O/c1-17(2)9-14-11(15(21)10-17)7-8-20(14)16-18-12-5-3-4-6-13(12)19-16/h3-8,15,21H,9-10H2,1-2H3,(H,18,19). The highest BCUT2D eigenvalue weighted by Crippen LogP contribution is 2.41. The molecular weight excluding hydrogens is 262 g/mol. The summed E-state index contributed by atoms with van der Waals surface area (Å²) in [6.07, 6.45) is 3.38. The van der Waals surface area contributed by atoms with Gasteiger partial charge in [-0.15, -0.1) is 0 Å². The first-order chi connectivity index (χ1) is 10.0. The van der Waals surface area contributed by atoms with E-state index in [0.29, 0.717) is 0 Å². The molecule has 2 N–H and O–H groups in total. The van der Waals surface area contributed by atoms with Gasteiger partial charge in [0, 0.05) is 17.5 Å². The van der Waals surface area contributed by atoms with Gasteiger partial charge in [0.1, 0.15) is 0 Å². The van der Waals surface area contributed by atoms with Gasteiger partial charge in [-0.3, -0.25) is 4.57 Å². The summed E-state index contributed by atoms with van der Waals surface area (Å²) in [7, 11) is 0. The van der Waals surface area contributed by atoms with Gasteiger partial charge in [-0.05, 0) is 36.5 Å². The molecule has 0 amide bonds. The van der Waals surface area contributed by atoms with Gasteiger partial charge in [-0.25, -0.2) is 4.98 Å². The van der Waals surface area contributed by atoms with E-state index >= 15 is 0 Å². The molecule has 1 unspecified atom stereocenters. The smallest absolute Gasteiger partial charge is 0.212 e. The SMILES string of the molecule is CC1(C)Cc2c(ccn2-c2nc3ccccc3[nH]2)C(O)C1. The second-order valence-electron chi connectivity index (χ2n) is 6.73. The monoisotopic (exact) mass is 281 g/mol. The van der Waals surface area contributed by atoms with Gasteiger partial charge in [0.25, 0.3) is 0 Å². The number of aromatic amines is 1. The van der Waals surface area contributed by atoms with Crippen molar-refractivity contribution in [3.05, 3.63) is 47.8 Å². The highest BCUT2D eigenvalue weighted by Gasteiger charge is 2.33. The Morgan fingerprint density at radius 1 is 1.29 bits per heavy atom. The average Bonchev–Trinajstić information content (AvgIpc) is 2.99. The maximum atomic E-state index is 10.4. The number of para-hydroxylation sites is 2. The number of benzene rings is 1. The number of aromatic nitrogens is 3. The molecule has 108 valence electrons. The van der Waals surface area contributed by atoms with Crippen LogP contribution in [0.3, 0.4) is 0 Å². The third-order valence-corrected chi connectivity index (χ3v) is 4.38. The zero-order chi connectivity index (χ0) is 14.6. The van der Waals surface area contributed by atoms with Crippen LogP contribution in [-0.2, 0) is 6.42 Å². The van der Waals surface area contributed by atoms with Crippen LogP contribution < -0.4 is 0 Å². The van der Waals surface area contributed by atoms with E-state index in [1.807, 2.05) is 36.5 Å². The summed E-state index contributed by atoms with van der Waals surface area (Å²) in [5.74, 6) is 0.822. The van der Waals surface area contributed by atoms with Gasteiger partial charge in [-0.2, -0.15) is 0 Å². The van der Waals surface area contributed by atoms with Crippen molar-refractivity contribution in [3.63, 3.8) is 0 Å². The van der Waals surface area contributed by atoms with Crippen molar-refractivity contribution in [2.24, 2.45) is 5.41 Å². The van der Waals surface area contributed by atoms with E-state index in [-0.39, 0.29) is 11.5 Å². The number of imidazole rings is 1. The van der Waals surface area contributed by atoms with Gasteiger partial charge in [-0.1, -0.05) is 26.0 Å². The Kier molecular flexibility index (Phi) is 2.54. The topological polar surface area (TPSA) is 53.8 Å². The number of aliphatic hydroxyl groups excluding tert-OH is 1. The minimum atomic E-state index is -0.380. The molecule has 0 saturated heterocycles. The minimum Gasteiger partial charge on any atom is -0.388 e. The molecule has 4 nitrogen and oxygen atoms in total. The highest BCUT2D eigenvalue weighted by atomic mass is 16.3.